The molecular weight excluding hydrogens is 182 g/mol. The number of nitrogens with one attached hydrogen (secondary N) is 1. The molecule has 0 bridgehead atoms. The molecule has 1 atom stereocenters. The Bertz CT molecular complexity index is 272. The highest BCUT2D eigenvalue weighted by molar-refractivity contribution is 7.80. The third-order valence-electron chi connectivity index (χ3n) is 1.54. The molecule has 1 aromatic carbocycles. The number of benzene rings is 1. The van der Waals surface area contributed by atoms with Gasteiger partial charge in [0.05, 0.1) is 0 Å². The minimum atomic E-state index is 0.00806. The molecule has 0 heterocycles. The van der Waals surface area contributed by atoms with Gasteiger partial charge in [-0.25, -0.2) is 0 Å². The van der Waals surface area contributed by atoms with Crippen LogP contribution in [0.5, 0.6) is 0 Å². The fraction of sp³-hybridized carbons (Fsp3) is 0.300. The van der Waals surface area contributed by atoms with Gasteiger partial charge in [-0.05, 0) is 12.1 Å². The Hall–Kier alpha value is -0.960. The molecule has 1 aromatic rings. The number of hydrogen-bond donors (Lipinski definition) is 2. The molecule has 0 fully saturated rings. The maximum Gasteiger partial charge on any atom is 0.225 e. The summed E-state index contributed by atoms with van der Waals surface area (Å²) in [7, 11) is 0. The second kappa shape index (κ2) is 4.92. The second-order valence-electron chi connectivity index (χ2n) is 2.97. The zero-order valence-electron chi connectivity index (χ0n) is 7.53. The molecule has 3 heteroatoms. The molecule has 0 saturated heterocycles. The fourth-order valence-corrected chi connectivity index (χ4v) is 1.17. The quantitative estimate of drug-likeness (QED) is 0.712. The van der Waals surface area contributed by atoms with Crippen molar-refractivity contribution in [3.63, 3.8) is 0 Å². The van der Waals surface area contributed by atoms with Gasteiger partial charge in [-0.3, -0.25) is 4.79 Å². The van der Waals surface area contributed by atoms with E-state index in [1.807, 2.05) is 37.3 Å². The number of carbonyl (C=O) groups excluding carboxylic acids is 1. The number of amides is 1. The molecule has 0 aromatic heterocycles. The number of rotatable bonds is 3. The number of thiol groups is 1. The molecule has 1 amide bonds. The predicted octanol–water partition coefficient (Wildman–Crippen LogP) is 2.33. The lowest BCUT2D eigenvalue weighted by Crippen LogP contribution is -2.14. The van der Waals surface area contributed by atoms with E-state index in [-0.39, 0.29) is 11.2 Å². The summed E-state index contributed by atoms with van der Waals surface area (Å²) in [6.45, 7) is 1.90. The molecule has 0 aliphatic carbocycles. The fourth-order valence-electron chi connectivity index (χ4n) is 1.00. The molecule has 13 heavy (non-hydrogen) atoms. The minimum Gasteiger partial charge on any atom is -0.326 e. The minimum absolute atomic E-state index is 0.00806. The molecule has 1 unspecified atom stereocenters. The van der Waals surface area contributed by atoms with Crippen LogP contribution in [-0.2, 0) is 4.79 Å². The lowest BCUT2D eigenvalue weighted by molar-refractivity contribution is -0.116. The van der Waals surface area contributed by atoms with E-state index in [0.29, 0.717) is 6.42 Å². The number of anilines is 1. The molecule has 0 aliphatic heterocycles. The maximum atomic E-state index is 11.3. The van der Waals surface area contributed by atoms with Crippen LogP contribution in [0, 0.1) is 0 Å². The van der Waals surface area contributed by atoms with Gasteiger partial charge >= 0.3 is 0 Å². The molecule has 1 rings (SSSR count). The Morgan fingerprint density at radius 2 is 2.08 bits per heavy atom. The highest BCUT2D eigenvalue weighted by Crippen LogP contribution is 2.07. The zero-order chi connectivity index (χ0) is 9.68. The Kier molecular flexibility index (Phi) is 3.83. The van der Waals surface area contributed by atoms with Crippen LogP contribution in [0.25, 0.3) is 0 Å². The SMILES string of the molecule is CC(S)CC(=O)Nc1ccccc1. The summed E-state index contributed by atoms with van der Waals surface area (Å²) >= 11 is 4.14. The molecule has 0 radical (unpaired) electrons. The first-order chi connectivity index (χ1) is 6.18. The summed E-state index contributed by atoms with van der Waals surface area (Å²) in [5.41, 5.74) is 0.835. The molecule has 2 nitrogen and oxygen atoms in total. The van der Waals surface area contributed by atoms with Gasteiger partial charge in [-0.1, -0.05) is 25.1 Å². The van der Waals surface area contributed by atoms with Crippen molar-refractivity contribution in [2.24, 2.45) is 0 Å². The summed E-state index contributed by atoms with van der Waals surface area (Å²) in [5, 5.41) is 2.89. The Morgan fingerprint density at radius 3 is 2.62 bits per heavy atom. The van der Waals surface area contributed by atoms with Gasteiger partial charge in [-0.2, -0.15) is 12.6 Å². The third-order valence-corrected chi connectivity index (χ3v) is 1.72. The van der Waals surface area contributed by atoms with Crippen LogP contribution in [0.15, 0.2) is 30.3 Å². The van der Waals surface area contributed by atoms with E-state index >= 15 is 0 Å². The Labute approximate surface area is 83.8 Å². The van der Waals surface area contributed by atoms with Crippen molar-refractivity contribution in [2.75, 3.05) is 5.32 Å². The van der Waals surface area contributed by atoms with E-state index in [1.165, 1.54) is 0 Å². The van der Waals surface area contributed by atoms with Crippen LogP contribution < -0.4 is 5.32 Å². The van der Waals surface area contributed by atoms with Crippen LogP contribution in [0.2, 0.25) is 0 Å². The summed E-state index contributed by atoms with van der Waals surface area (Å²) in [5.74, 6) is 0.00806. The van der Waals surface area contributed by atoms with Crippen LogP contribution >= 0.6 is 12.6 Å². The summed E-state index contributed by atoms with van der Waals surface area (Å²) in [6, 6.07) is 9.42. The van der Waals surface area contributed by atoms with Gasteiger partial charge in [0, 0.05) is 17.4 Å². The van der Waals surface area contributed by atoms with Crippen molar-refractivity contribution in [3.8, 4) is 0 Å². The Balaban J connectivity index is 2.46. The van der Waals surface area contributed by atoms with E-state index in [9.17, 15) is 4.79 Å². The lowest BCUT2D eigenvalue weighted by Gasteiger charge is -2.05. The van der Waals surface area contributed by atoms with Crippen molar-refractivity contribution in [1.82, 2.24) is 0 Å². The maximum absolute atomic E-state index is 11.3. The molecule has 1 N–H and O–H groups in total. The summed E-state index contributed by atoms with van der Waals surface area (Å²) in [4.78, 5) is 11.3. The average Bonchev–Trinajstić information content (AvgIpc) is 2.04. The van der Waals surface area contributed by atoms with Gasteiger partial charge in [0.25, 0.3) is 0 Å². The molecule has 0 aliphatic rings. The van der Waals surface area contributed by atoms with E-state index < -0.39 is 0 Å². The lowest BCUT2D eigenvalue weighted by atomic mass is 10.3. The van der Waals surface area contributed by atoms with Gasteiger partial charge in [-0.15, -0.1) is 0 Å². The van der Waals surface area contributed by atoms with E-state index in [4.69, 9.17) is 0 Å². The number of hydrogen-bond acceptors (Lipinski definition) is 2. The van der Waals surface area contributed by atoms with E-state index in [2.05, 4.69) is 17.9 Å². The van der Waals surface area contributed by atoms with Crippen LogP contribution in [0.4, 0.5) is 5.69 Å². The van der Waals surface area contributed by atoms with Gasteiger partial charge in [0.15, 0.2) is 0 Å². The number of carbonyl (C=O) groups is 1. The third kappa shape index (κ3) is 3.99. The first kappa shape index (κ1) is 10.1. The summed E-state index contributed by atoms with van der Waals surface area (Å²) < 4.78 is 0. The standard InChI is InChI=1S/C10H13NOS/c1-8(13)7-10(12)11-9-5-3-2-4-6-9/h2-6,8,13H,7H2,1H3,(H,11,12). The van der Waals surface area contributed by atoms with E-state index in [0.717, 1.165) is 5.69 Å². The second-order valence-corrected chi connectivity index (χ2v) is 3.85. The van der Waals surface area contributed by atoms with Crippen LogP contribution in [0.1, 0.15) is 13.3 Å². The van der Waals surface area contributed by atoms with Gasteiger partial charge in [0.2, 0.25) is 5.91 Å². The molecule has 0 saturated carbocycles. The molecule has 0 spiro atoms. The zero-order valence-corrected chi connectivity index (χ0v) is 8.42. The first-order valence-electron chi connectivity index (χ1n) is 4.21. The topological polar surface area (TPSA) is 29.1 Å². The first-order valence-corrected chi connectivity index (χ1v) is 4.73. The number of para-hydroxylation sites is 1. The largest absolute Gasteiger partial charge is 0.326 e. The Morgan fingerprint density at radius 1 is 1.46 bits per heavy atom. The van der Waals surface area contributed by atoms with Crippen molar-refractivity contribution < 1.29 is 4.79 Å². The van der Waals surface area contributed by atoms with Crippen LogP contribution in [-0.4, -0.2) is 11.2 Å². The smallest absolute Gasteiger partial charge is 0.225 e. The normalized spacial score (nSPS) is 12.2. The highest BCUT2D eigenvalue weighted by atomic mass is 32.1. The molecular formula is C10H13NOS. The predicted molar refractivity (Wildman–Crippen MR) is 58.1 cm³/mol. The highest BCUT2D eigenvalue weighted by Gasteiger charge is 2.04. The summed E-state index contributed by atoms with van der Waals surface area (Å²) in [6.07, 6.45) is 0.442. The van der Waals surface area contributed by atoms with Gasteiger partial charge in [0.1, 0.15) is 0 Å². The van der Waals surface area contributed by atoms with Crippen molar-refractivity contribution in [1.29, 1.82) is 0 Å². The van der Waals surface area contributed by atoms with E-state index in [1.54, 1.807) is 0 Å². The van der Waals surface area contributed by atoms with Crippen molar-refractivity contribution in [3.05, 3.63) is 30.3 Å². The molecule has 70 valence electrons. The van der Waals surface area contributed by atoms with Crippen LogP contribution in [0.3, 0.4) is 0 Å². The van der Waals surface area contributed by atoms with Crippen molar-refractivity contribution in [2.45, 2.75) is 18.6 Å². The average molecular weight is 195 g/mol. The monoisotopic (exact) mass is 195 g/mol. The van der Waals surface area contributed by atoms with Gasteiger partial charge < -0.3 is 5.32 Å². The van der Waals surface area contributed by atoms with Crippen molar-refractivity contribution >= 4 is 24.2 Å².